The second-order valence-electron chi connectivity index (χ2n) is 5.98. The van der Waals surface area contributed by atoms with Crippen LogP contribution in [0.2, 0.25) is 0 Å². The van der Waals surface area contributed by atoms with Crippen molar-refractivity contribution in [3.63, 3.8) is 0 Å². The highest BCUT2D eigenvalue weighted by atomic mass is 15.0. The molecule has 3 heteroatoms. The maximum Gasteiger partial charge on any atom is 0.147 e. The Morgan fingerprint density at radius 1 is 1.04 bits per heavy atom. The molecule has 0 aliphatic rings. The number of para-hydroxylation sites is 2. The number of rotatable bonds is 1. The zero-order valence-corrected chi connectivity index (χ0v) is 13.1. The second-order valence-corrected chi connectivity index (χ2v) is 5.98. The molecule has 0 aliphatic heterocycles. The SMILES string of the molecule is [2H]C([2H])([2H])C([2H])(C)c1cccc2c1c1ncccc1c1nc3ccccc3n21. The van der Waals surface area contributed by atoms with E-state index in [2.05, 4.69) is 4.98 Å². The molecule has 0 N–H and O–H groups in total. The molecule has 0 bridgehead atoms. The molecule has 0 fully saturated rings. The molecule has 116 valence electrons. The predicted octanol–water partition coefficient (Wildman–Crippen LogP) is 5.31. The van der Waals surface area contributed by atoms with Gasteiger partial charge in [0.15, 0.2) is 0 Å². The summed E-state index contributed by atoms with van der Waals surface area (Å²) >= 11 is 0. The van der Waals surface area contributed by atoms with Gasteiger partial charge in [-0.25, -0.2) is 4.98 Å². The van der Waals surface area contributed by atoms with Crippen LogP contribution in [0.4, 0.5) is 0 Å². The standard InChI is InChI=1S/C21H17N3/c1-13(2)14-7-5-11-18-19(14)20-15(8-6-12-22-20)21-23-16-9-3-4-10-17(16)24(18)21/h3-13H,1-2H3/i1D3,13D. The zero-order chi connectivity index (χ0) is 19.7. The van der Waals surface area contributed by atoms with E-state index in [4.69, 9.17) is 10.5 Å². The normalized spacial score (nSPS) is 17.5. The molecule has 0 saturated carbocycles. The number of aromatic nitrogens is 3. The van der Waals surface area contributed by atoms with Crippen LogP contribution in [0.25, 0.3) is 38.5 Å². The summed E-state index contributed by atoms with van der Waals surface area (Å²) in [4.78, 5) is 9.36. The number of nitrogens with zero attached hydrogens (tertiary/aromatic N) is 3. The Morgan fingerprint density at radius 3 is 2.83 bits per heavy atom. The summed E-state index contributed by atoms with van der Waals surface area (Å²) in [7, 11) is 0. The van der Waals surface area contributed by atoms with Crippen LogP contribution in [0.15, 0.2) is 60.8 Å². The topological polar surface area (TPSA) is 30.2 Å². The Bertz CT molecular complexity index is 1380. The zero-order valence-electron chi connectivity index (χ0n) is 17.1. The molecule has 3 aromatic heterocycles. The largest absolute Gasteiger partial charge is 0.292 e. The minimum absolute atomic E-state index is 0.438. The van der Waals surface area contributed by atoms with Crippen molar-refractivity contribution in [2.45, 2.75) is 19.7 Å². The molecule has 24 heavy (non-hydrogen) atoms. The van der Waals surface area contributed by atoms with Crippen molar-refractivity contribution in [3.05, 3.63) is 66.4 Å². The number of pyridine rings is 2. The van der Waals surface area contributed by atoms with Crippen LogP contribution in [0.3, 0.4) is 0 Å². The number of fused-ring (bicyclic) bond motifs is 8. The Kier molecular flexibility index (Phi) is 2.00. The summed E-state index contributed by atoms with van der Waals surface area (Å²) in [5.74, 6) is -1.78. The molecule has 3 nitrogen and oxygen atoms in total. The fourth-order valence-corrected chi connectivity index (χ4v) is 3.52. The molecule has 0 radical (unpaired) electrons. The van der Waals surface area contributed by atoms with Crippen LogP contribution in [0.5, 0.6) is 0 Å². The van der Waals surface area contributed by atoms with Crippen molar-refractivity contribution in [1.29, 1.82) is 0 Å². The molecule has 0 aliphatic carbocycles. The van der Waals surface area contributed by atoms with E-state index in [1.165, 1.54) is 6.92 Å². The Hall–Kier alpha value is -2.94. The molecule has 0 spiro atoms. The van der Waals surface area contributed by atoms with E-state index in [9.17, 15) is 0 Å². The molecular formula is C21H17N3. The molecule has 5 aromatic rings. The number of hydrogen-bond acceptors (Lipinski definition) is 2. The smallest absolute Gasteiger partial charge is 0.147 e. The average Bonchev–Trinajstić information content (AvgIpc) is 3.07. The van der Waals surface area contributed by atoms with E-state index in [1.807, 2.05) is 46.9 Å². The summed E-state index contributed by atoms with van der Waals surface area (Å²) in [6.07, 6.45) is 1.69. The third-order valence-electron chi connectivity index (χ3n) is 4.53. The lowest BCUT2D eigenvalue weighted by Crippen LogP contribution is -1.97. The van der Waals surface area contributed by atoms with Crippen LogP contribution in [-0.4, -0.2) is 14.4 Å². The lowest BCUT2D eigenvalue weighted by Gasteiger charge is -2.14. The number of benzene rings is 2. The van der Waals surface area contributed by atoms with Gasteiger partial charge in [-0.15, -0.1) is 0 Å². The highest BCUT2D eigenvalue weighted by Gasteiger charge is 2.16. The van der Waals surface area contributed by atoms with E-state index < -0.39 is 12.7 Å². The van der Waals surface area contributed by atoms with Crippen LogP contribution in [0, 0.1) is 0 Å². The molecule has 3 heterocycles. The van der Waals surface area contributed by atoms with Crippen LogP contribution < -0.4 is 0 Å². The third-order valence-corrected chi connectivity index (χ3v) is 4.53. The summed E-state index contributed by atoms with van der Waals surface area (Å²) < 4.78 is 34.5. The highest BCUT2D eigenvalue weighted by Crippen LogP contribution is 2.35. The molecule has 5 rings (SSSR count). The van der Waals surface area contributed by atoms with Crippen molar-refractivity contribution < 1.29 is 5.48 Å². The summed E-state index contributed by atoms with van der Waals surface area (Å²) in [6.45, 7) is -1.03. The fraction of sp³-hybridized carbons (Fsp3) is 0.143. The number of hydrogen-bond donors (Lipinski definition) is 0. The lowest BCUT2D eigenvalue weighted by molar-refractivity contribution is 0.876. The Morgan fingerprint density at radius 2 is 1.92 bits per heavy atom. The van der Waals surface area contributed by atoms with Gasteiger partial charge in [0.25, 0.3) is 0 Å². The first-order chi connectivity index (χ1) is 13.3. The van der Waals surface area contributed by atoms with Gasteiger partial charge in [0.1, 0.15) is 5.65 Å². The van der Waals surface area contributed by atoms with Gasteiger partial charge in [-0.2, -0.15) is 0 Å². The van der Waals surface area contributed by atoms with E-state index in [-0.39, 0.29) is 0 Å². The monoisotopic (exact) mass is 315 g/mol. The molecular weight excluding hydrogens is 294 g/mol. The summed E-state index contributed by atoms with van der Waals surface area (Å²) in [6, 6.07) is 17.1. The molecule has 0 saturated heterocycles. The van der Waals surface area contributed by atoms with Gasteiger partial charge in [0.2, 0.25) is 0 Å². The van der Waals surface area contributed by atoms with Crippen LogP contribution in [-0.2, 0) is 0 Å². The molecule has 2 aromatic carbocycles. The first-order valence-electron chi connectivity index (χ1n) is 9.88. The van der Waals surface area contributed by atoms with Gasteiger partial charge in [-0.1, -0.05) is 38.0 Å². The Balaban J connectivity index is 2.11. The van der Waals surface area contributed by atoms with Gasteiger partial charge in [-0.05, 0) is 41.8 Å². The Labute approximate surface area is 145 Å². The van der Waals surface area contributed by atoms with E-state index in [1.54, 1.807) is 18.3 Å². The quantitative estimate of drug-likeness (QED) is 0.392. The first-order valence-corrected chi connectivity index (χ1v) is 7.88. The van der Waals surface area contributed by atoms with Crippen molar-refractivity contribution in [3.8, 4) is 0 Å². The van der Waals surface area contributed by atoms with Gasteiger partial charge < -0.3 is 0 Å². The van der Waals surface area contributed by atoms with Crippen LogP contribution in [0.1, 0.15) is 30.7 Å². The van der Waals surface area contributed by atoms with E-state index in [0.717, 1.165) is 27.6 Å². The molecule has 0 amide bonds. The molecule has 1 atom stereocenters. The minimum Gasteiger partial charge on any atom is -0.292 e. The maximum absolute atomic E-state index is 8.69. The van der Waals surface area contributed by atoms with Gasteiger partial charge in [0.05, 0.1) is 22.1 Å². The molecule has 1 unspecified atom stereocenters. The predicted molar refractivity (Wildman–Crippen MR) is 99.6 cm³/mol. The lowest BCUT2D eigenvalue weighted by atomic mass is 9.96. The van der Waals surface area contributed by atoms with E-state index >= 15 is 0 Å². The minimum atomic E-state index is -2.48. The van der Waals surface area contributed by atoms with Gasteiger partial charge >= 0.3 is 0 Å². The third kappa shape index (κ3) is 1.67. The summed E-state index contributed by atoms with van der Waals surface area (Å²) in [5.41, 5.74) is 4.47. The summed E-state index contributed by atoms with van der Waals surface area (Å²) in [5, 5.41) is 1.52. The van der Waals surface area contributed by atoms with Crippen molar-refractivity contribution >= 4 is 38.5 Å². The van der Waals surface area contributed by atoms with Gasteiger partial charge in [-0.3, -0.25) is 9.38 Å². The van der Waals surface area contributed by atoms with Crippen molar-refractivity contribution in [1.82, 2.24) is 14.4 Å². The number of imidazole rings is 1. The van der Waals surface area contributed by atoms with Gasteiger partial charge in [0, 0.05) is 22.5 Å². The van der Waals surface area contributed by atoms with Crippen LogP contribution >= 0.6 is 0 Å². The highest BCUT2D eigenvalue weighted by molar-refractivity contribution is 6.13. The second kappa shape index (κ2) is 4.78. The fourth-order valence-electron chi connectivity index (χ4n) is 3.52. The van der Waals surface area contributed by atoms with Crippen molar-refractivity contribution in [2.24, 2.45) is 0 Å². The maximum atomic E-state index is 8.69. The van der Waals surface area contributed by atoms with E-state index in [0.29, 0.717) is 16.5 Å². The average molecular weight is 315 g/mol. The van der Waals surface area contributed by atoms with Crippen molar-refractivity contribution in [2.75, 3.05) is 0 Å². The first kappa shape index (κ1) is 10.0.